The highest BCUT2D eigenvalue weighted by Crippen LogP contribution is 2.30. The van der Waals surface area contributed by atoms with Gasteiger partial charge in [-0.2, -0.15) is 0 Å². The molecule has 0 aromatic heterocycles. The lowest BCUT2D eigenvalue weighted by Crippen LogP contribution is -2.06. The van der Waals surface area contributed by atoms with Gasteiger partial charge in [-0.05, 0) is 47.0 Å². The largest absolute Gasteiger partial charge is 0.493 e. The first-order valence-electron chi connectivity index (χ1n) is 8.90. The molecule has 5 heteroatoms. The molecule has 0 bridgehead atoms. The van der Waals surface area contributed by atoms with Crippen molar-refractivity contribution in [1.82, 2.24) is 0 Å². The second-order valence-corrected chi connectivity index (χ2v) is 6.36. The number of aryl methyl sites for hydroxylation is 1. The topological polar surface area (TPSA) is 35.5 Å². The first-order chi connectivity index (χ1) is 13.5. The number of hydrogen-bond donors (Lipinski definition) is 0. The van der Waals surface area contributed by atoms with E-state index in [2.05, 4.69) is 6.58 Å². The van der Waals surface area contributed by atoms with Gasteiger partial charge in [0.15, 0.2) is 11.6 Å². The zero-order chi connectivity index (χ0) is 20.1. The normalized spacial score (nSPS) is 10.7. The first kappa shape index (κ1) is 19.5. The van der Waals surface area contributed by atoms with Gasteiger partial charge >= 0.3 is 5.97 Å². The van der Waals surface area contributed by atoms with Crippen LogP contribution in [0.3, 0.4) is 0 Å². The molecule has 0 aliphatic rings. The number of halogens is 2. The smallest absolute Gasteiger partial charge is 0.330 e. The molecule has 0 spiro atoms. The maximum atomic E-state index is 14.3. The van der Waals surface area contributed by atoms with E-state index >= 15 is 0 Å². The Morgan fingerprint density at radius 1 is 1.00 bits per heavy atom. The SMILES string of the molecule is C=CC(=O)OCCCOc1ccc2cc(-c3ccc(C)c(F)c3F)ccc2c1. The Morgan fingerprint density at radius 2 is 1.75 bits per heavy atom. The van der Waals surface area contributed by atoms with Crippen molar-refractivity contribution in [3.63, 3.8) is 0 Å². The zero-order valence-corrected chi connectivity index (χ0v) is 15.5. The number of hydrogen-bond acceptors (Lipinski definition) is 3. The van der Waals surface area contributed by atoms with E-state index in [1.807, 2.05) is 30.3 Å². The van der Waals surface area contributed by atoms with Crippen LogP contribution in [0.4, 0.5) is 8.78 Å². The molecule has 0 aliphatic heterocycles. The Balaban J connectivity index is 1.71. The van der Waals surface area contributed by atoms with Gasteiger partial charge in [-0.3, -0.25) is 0 Å². The molecular weight excluding hydrogens is 362 g/mol. The third-order valence-corrected chi connectivity index (χ3v) is 4.37. The third kappa shape index (κ3) is 4.36. The Hall–Kier alpha value is -3.21. The highest BCUT2D eigenvalue weighted by atomic mass is 19.2. The Kier molecular flexibility index (Phi) is 6.04. The van der Waals surface area contributed by atoms with Gasteiger partial charge in [0.05, 0.1) is 13.2 Å². The van der Waals surface area contributed by atoms with Gasteiger partial charge in [-0.15, -0.1) is 0 Å². The lowest BCUT2D eigenvalue weighted by molar-refractivity contribution is -0.137. The second kappa shape index (κ2) is 8.65. The summed E-state index contributed by atoms with van der Waals surface area (Å²) in [7, 11) is 0. The van der Waals surface area contributed by atoms with E-state index < -0.39 is 17.6 Å². The summed E-state index contributed by atoms with van der Waals surface area (Å²) in [6, 6.07) is 14.1. The number of benzene rings is 3. The summed E-state index contributed by atoms with van der Waals surface area (Å²) in [5, 5.41) is 1.82. The predicted octanol–water partition coefficient (Wildman–Crippen LogP) is 5.59. The number of ether oxygens (including phenoxy) is 2. The van der Waals surface area contributed by atoms with Crippen molar-refractivity contribution in [1.29, 1.82) is 0 Å². The minimum Gasteiger partial charge on any atom is -0.493 e. The molecule has 0 heterocycles. The number of carbonyl (C=O) groups excluding carboxylic acids is 1. The van der Waals surface area contributed by atoms with Gasteiger partial charge in [0.25, 0.3) is 0 Å². The van der Waals surface area contributed by atoms with Crippen molar-refractivity contribution in [3.8, 4) is 16.9 Å². The van der Waals surface area contributed by atoms with Gasteiger partial charge in [-0.25, -0.2) is 13.6 Å². The summed E-state index contributed by atoms with van der Waals surface area (Å²) < 4.78 is 38.7. The van der Waals surface area contributed by atoms with Crippen LogP contribution in [0, 0.1) is 18.6 Å². The first-order valence-corrected chi connectivity index (χ1v) is 8.90. The molecule has 0 aliphatic carbocycles. The Bertz CT molecular complexity index is 1030. The number of fused-ring (bicyclic) bond motifs is 1. The van der Waals surface area contributed by atoms with Crippen LogP contribution in [0.15, 0.2) is 61.2 Å². The zero-order valence-electron chi connectivity index (χ0n) is 15.5. The molecule has 0 saturated carbocycles. The molecule has 0 saturated heterocycles. The number of carbonyl (C=O) groups is 1. The molecule has 0 amide bonds. The van der Waals surface area contributed by atoms with Crippen LogP contribution in [0.5, 0.6) is 5.75 Å². The summed E-state index contributed by atoms with van der Waals surface area (Å²) in [6.45, 7) is 5.53. The molecule has 28 heavy (non-hydrogen) atoms. The predicted molar refractivity (Wildman–Crippen MR) is 105 cm³/mol. The molecule has 144 valence electrons. The van der Waals surface area contributed by atoms with Gasteiger partial charge in [0.2, 0.25) is 0 Å². The van der Waals surface area contributed by atoms with E-state index in [4.69, 9.17) is 9.47 Å². The molecule has 0 atom stereocenters. The van der Waals surface area contributed by atoms with E-state index in [1.165, 1.54) is 6.92 Å². The van der Waals surface area contributed by atoms with E-state index in [0.717, 1.165) is 16.8 Å². The Labute approximate surface area is 162 Å². The van der Waals surface area contributed by atoms with Crippen molar-refractivity contribution in [3.05, 3.63) is 78.4 Å². The summed E-state index contributed by atoms with van der Waals surface area (Å²) in [6.07, 6.45) is 1.68. The van der Waals surface area contributed by atoms with Crippen molar-refractivity contribution in [2.45, 2.75) is 13.3 Å². The summed E-state index contributed by atoms with van der Waals surface area (Å²) in [5.41, 5.74) is 1.13. The van der Waals surface area contributed by atoms with Crippen LogP contribution >= 0.6 is 0 Å². The standard InChI is InChI=1S/C23H20F2O3/c1-3-21(26)28-12-4-11-27-19-9-8-16-13-18(7-6-17(16)14-19)20-10-5-15(2)22(24)23(20)25/h3,5-10,13-14H,1,4,11-12H2,2H3. The average molecular weight is 382 g/mol. The van der Waals surface area contributed by atoms with Crippen LogP contribution in [0.25, 0.3) is 21.9 Å². The molecule has 3 rings (SSSR count). The fourth-order valence-corrected chi connectivity index (χ4v) is 2.83. The monoisotopic (exact) mass is 382 g/mol. The highest BCUT2D eigenvalue weighted by Gasteiger charge is 2.13. The molecule has 3 nitrogen and oxygen atoms in total. The third-order valence-electron chi connectivity index (χ3n) is 4.37. The summed E-state index contributed by atoms with van der Waals surface area (Å²) >= 11 is 0. The summed E-state index contributed by atoms with van der Waals surface area (Å²) in [4.78, 5) is 11.0. The maximum absolute atomic E-state index is 14.3. The number of rotatable bonds is 7. The quantitative estimate of drug-likeness (QED) is 0.303. The van der Waals surface area contributed by atoms with Crippen LogP contribution < -0.4 is 4.74 Å². The molecule has 0 unspecified atom stereocenters. The average Bonchev–Trinajstić information content (AvgIpc) is 2.71. The molecule has 0 radical (unpaired) electrons. The van der Waals surface area contributed by atoms with E-state index in [9.17, 15) is 13.6 Å². The lowest BCUT2D eigenvalue weighted by atomic mass is 9.99. The van der Waals surface area contributed by atoms with Gasteiger partial charge in [0.1, 0.15) is 5.75 Å². The van der Waals surface area contributed by atoms with Gasteiger partial charge in [0, 0.05) is 18.1 Å². The second-order valence-electron chi connectivity index (χ2n) is 6.36. The van der Waals surface area contributed by atoms with Crippen LogP contribution in [0.2, 0.25) is 0 Å². The maximum Gasteiger partial charge on any atom is 0.330 e. The molecule has 0 fully saturated rings. The van der Waals surface area contributed by atoms with Crippen LogP contribution in [-0.4, -0.2) is 19.2 Å². The van der Waals surface area contributed by atoms with E-state index in [-0.39, 0.29) is 17.7 Å². The fraction of sp³-hybridized carbons (Fsp3) is 0.174. The Morgan fingerprint density at radius 3 is 2.54 bits per heavy atom. The fourth-order valence-electron chi connectivity index (χ4n) is 2.83. The summed E-state index contributed by atoms with van der Waals surface area (Å²) in [5.74, 6) is -1.43. The van der Waals surface area contributed by atoms with E-state index in [1.54, 1.807) is 18.2 Å². The van der Waals surface area contributed by atoms with Gasteiger partial charge in [-0.1, -0.05) is 36.9 Å². The molecule has 3 aromatic carbocycles. The van der Waals surface area contributed by atoms with Crippen molar-refractivity contribution >= 4 is 16.7 Å². The van der Waals surface area contributed by atoms with Crippen LogP contribution in [-0.2, 0) is 9.53 Å². The highest BCUT2D eigenvalue weighted by molar-refractivity contribution is 5.88. The molecular formula is C23H20F2O3. The molecule has 0 N–H and O–H groups in total. The van der Waals surface area contributed by atoms with Crippen molar-refractivity contribution < 1.29 is 23.0 Å². The minimum atomic E-state index is -0.837. The number of esters is 1. The van der Waals surface area contributed by atoms with Gasteiger partial charge < -0.3 is 9.47 Å². The van der Waals surface area contributed by atoms with Crippen LogP contribution in [0.1, 0.15) is 12.0 Å². The minimum absolute atomic E-state index is 0.236. The van der Waals surface area contributed by atoms with Crippen molar-refractivity contribution in [2.75, 3.05) is 13.2 Å². The van der Waals surface area contributed by atoms with E-state index in [0.29, 0.717) is 24.3 Å². The van der Waals surface area contributed by atoms with Crippen molar-refractivity contribution in [2.24, 2.45) is 0 Å². The lowest BCUT2D eigenvalue weighted by Gasteiger charge is -2.10. The molecule has 3 aromatic rings.